The number of carbonyl (C=O) groups is 1. The van der Waals surface area contributed by atoms with Crippen LogP contribution in [0.15, 0.2) is 0 Å². The van der Waals surface area contributed by atoms with Gasteiger partial charge < -0.3 is 9.80 Å². The quantitative estimate of drug-likeness (QED) is 0.725. The third kappa shape index (κ3) is 2.50. The molecular formula is C15H23F3N2O. The predicted molar refractivity (Wildman–Crippen MR) is 72.8 cm³/mol. The van der Waals surface area contributed by atoms with Crippen LogP contribution in [-0.4, -0.2) is 47.7 Å². The van der Waals surface area contributed by atoms with E-state index in [1.54, 1.807) is 7.05 Å². The van der Waals surface area contributed by atoms with Crippen LogP contribution in [0.25, 0.3) is 0 Å². The molecule has 3 fully saturated rings. The summed E-state index contributed by atoms with van der Waals surface area (Å²) in [7, 11) is 1.61. The van der Waals surface area contributed by atoms with Crippen LogP contribution in [0.3, 0.4) is 0 Å². The molecule has 2 saturated carbocycles. The molecule has 0 radical (unpaired) electrons. The van der Waals surface area contributed by atoms with Gasteiger partial charge in [-0.25, -0.2) is 4.79 Å². The zero-order chi connectivity index (χ0) is 15.5. The summed E-state index contributed by atoms with van der Waals surface area (Å²) in [4.78, 5) is 14.6. The maximum Gasteiger partial charge on any atom is 0.406 e. The second-order valence-corrected chi connectivity index (χ2v) is 7.60. The van der Waals surface area contributed by atoms with Crippen LogP contribution in [0.4, 0.5) is 18.0 Å². The number of halogens is 3. The Morgan fingerprint density at radius 3 is 2.33 bits per heavy atom. The summed E-state index contributed by atoms with van der Waals surface area (Å²) in [5, 5.41) is 0. The van der Waals surface area contributed by atoms with Crippen molar-refractivity contribution in [1.82, 2.24) is 9.80 Å². The maximum atomic E-state index is 12.8. The molecule has 1 saturated heterocycles. The minimum atomic E-state index is -4.32. The number of likely N-dealkylation sites (N-methyl/N-ethyl adjacent to an activating group) is 1. The Hall–Kier alpha value is -0.940. The lowest BCUT2D eigenvalue weighted by atomic mass is 9.51. The summed E-state index contributed by atoms with van der Waals surface area (Å²) in [6.07, 6.45) is 1.72. The number of urea groups is 1. The lowest BCUT2D eigenvalue weighted by molar-refractivity contribution is -0.165. The van der Waals surface area contributed by atoms with E-state index >= 15 is 0 Å². The number of nitrogens with zero attached hydrogens (tertiary/aromatic N) is 2. The van der Waals surface area contributed by atoms with Crippen LogP contribution < -0.4 is 0 Å². The molecule has 2 aliphatic carbocycles. The molecule has 0 aromatic rings. The first-order valence-electron chi connectivity index (χ1n) is 7.74. The van der Waals surface area contributed by atoms with E-state index in [1.165, 1.54) is 17.7 Å². The number of rotatable bonds is 1. The number of amides is 2. The van der Waals surface area contributed by atoms with Crippen LogP contribution in [0.2, 0.25) is 0 Å². The Balaban J connectivity index is 1.74. The van der Waals surface area contributed by atoms with Gasteiger partial charge in [-0.05, 0) is 37.0 Å². The zero-order valence-electron chi connectivity index (χ0n) is 12.7. The molecule has 3 aliphatic rings. The Labute approximate surface area is 123 Å². The molecule has 6 heteroatoms. The highest BCUT2D eigenvalue weighted by molar-refractivity contribution is 5.78. The first-order valence-corrected chi connectivity index (χ1v) is 7.74. The van der Waals surface area contributed by atoms with Crippen molar-refractivity contribution >= 4 is 6.03 Å². The van der Waals surface area contributed by atoms with E-state index in [9.17, 15) is 18.0 Å². The van der Waals surface area contributed by atoms with Gasteiger partial charge in [-0.15, -0.1) is 0 Å². The molecule has 1 heterocycles. The van der Waals surface area contributed by atoms with E-state index in [4.69, 9.17) is 0 Å². The molecule has 0 aromatic heterocycles. The average molecular weight is 304 g/mol. The van der Waals surface area contributed by atoms with Crippen molar-refractivity contribution in [2.75, 3.05) is 20.1 Å². The van der Waals surface area contributed by atoms with Gasteiger partial charge in [0.1, 0.15) is 6.54 Å². The summed E-state index contributed by atoms with van der Waals surface area (Å²) in [5.74, 6) is 0.728. The molecule has 2 spiro atoms. The normalized spacial score (nSPS) is 40.2. The van der Waals surface area contributed by atoms with Gasteiger partial charge in [0, 0.05) is 13.6 Å². The number of alkyl halides is 3. The van der Waals surface area contributed by atoms with E-state index in [1.807, 2.05) is 0 Å². The summed E-state index contributed by atoms with van der Waals surface area (Å²) in [6.45, 7) is 1.58. The van der Waals surface area contributed by atoms with Crippen molar-refractivity contribution in [3.05, 3.63) is 0 Å². The molecule has 2 amide bonds. The van der Waals surface area contributed by atoms with Crippen LogP contribution in [0.5, 0.6) is 0 Å². The fraction of sp³-hybridized carbons (Fsp3) is 0.933. The van der Waals surface area contributed by atoms with E-state index in [0.29, 0.717) is 6.54 Å². The number of hydrogen-bond donors (Lipinski definition) is 0. The Morgan fingerprint density at radius 1 is 1.24 bits per heavy atom. The highest BCUT2D eigenvalue weighted by Crippen LogP contribution is 2.61. The van der Waals surface area contributed by atoms with Gasteiger partial charge in [0.05, 0.1) is 5.54 Å². The van der Waals surface area contributed by atoms with Gasteiger partial charge in [0.2, 0.25) is 0 Å². The van der Waals surface area contributed by atoms with Crippen LogP contribution in [-0.2, 0) is 0 Å². The molecule has 0 unspecified atom stereocenters. The molecule has 3 rings (SSSR count). The largest absolute Gasteiger partial charge is 0.406 e. The average Bonchev–Trinajstić information content (AvgIpc) is 2.55. The zero-order valence-corrected chi connectivity index (χ0v) is 12.7. The molecule has 1 aliphatic heterocycles. The minimum Gasteiger partial charge on any atom is -0.325 e. The minimum absolute atomic E-state index is 0.196. The van der Waals surface area contributed by atoms with Crippen LogP contribution in [0, 0.1) is 11.3 Å². The van der Waals surface area contributed by atoms with E-state index in [0.717, 1.165) is 36.5 Å². The summed E-state index contributed by atoms with van der Waals surface area (Å²) in [6, 6.07) is -0.466. The standard InChI is InChI=1S/C15H23F3N2O/c1-11-3-5-13(6-4-11)7-14(8-13)9-19(2)12(21)20(14)10-15(16,17)18/h11H,3-10H2,1-2H3. The predicted octanol–water partition coefficient (Wildman–Crippen LogP) is 3.65. The molecule has 0 bridgehead atoms. The highest BCUT2D eigenvalue weighted by atomic mass is 19.4. The Kier molecular flexibility index (Phi) is 3.23. The van der Waals surface area contributed by atoms with Crippen molar-refractivity contribution in [1.29, 1.82) is 0 Å². The topological polar surface area (TPSA) is 23.6 Å². The Bertz CT molecular complexity index is 433. The second-order valence-electron chi connectivity index (χ2n) is 7.60. The number of carbonyl (C=O) groups excluding carboxylic acids is 1. The molecule has 3 nitrogen and oxygen atoms in total. The first kappa shape index (κ1) is 15.0. The summed E-state index contributed by atoms with van der Waals surface area (Å²) >= 11 is 0. The maximum absolute atomic E-state index is 12.8. The SMILES string of the molecule is CC1CCC2(CC1)CC1(CN(C)C(=O)N1CC(F)(F)F)C2. The van der Waals surface area contributed by atoms with Gasteiger partial charge >= 0.3 is 12.2 Å². The van der Waals surface area contributed by atoms with E-state index < -0.39 is 24.3 Å². The van der Waals surface area contributed by atoms with Crippen molar-refractivity contribution in [2.24, 2.45) is 11.3 Å². The van der Waals surface area contributed by atoms with Gasteiger partial charge in [-0.3, -0.25) is 0 Å². The Morgan fingerprint density at radius 2 is 1.81 bits per heavy atom. The molecule has 0 atom stereocenters. The van der Waals surface area contributed by atoms with E-state index in [-0.39, 0.29) is 5.41 Å². The van der Waals surface area contributed by atoms with Gasteiger partial charge in [-0.2, -0.15) is 13.2 Å². The monoisotopic (exact) mass is 304 g/mol. The van der Waals surface area contributed by atoms with Gasteiger partial charge in [-0.1, -0.05) is 19.8 Å². The fourth-order valence-corrected chi connectivity index (χ4v) is 4.79. The lowest BCUT2D eigenvalue weighted by Crippen LogP contribution is -2.63. The number of hydrogen-bond acceptors (Lipinski definition) is 1. The fourth-order valence-electron chi connectivity index (χ4n) is 4.79. The molecule has 120 valence electrons. The van der Waals surface area contributed by atoms with Crippen LogP contribution in [0.1, 0.15) is 45.4 Å². The second kappa shape index (κ2) is 4.53. The summed E-state index contributed by atoms with van der Waals surface area (Å²) in [5.41, 5.74) is -0.371. The lowest BCUT2D eigenvalue weighted by Gasteiger charge is -2.59. The van der Waals surface area contributed by atoms with E-state index in [2.05, 4.69) is 6.92 Å². The van der Waals surface area contributed by atoms with Crippen molar-refractivity contribution in [2.45, 2.75) is 57.2 Å². The smallest absolute Gasteiger partial charge is 0.325 e. The van der Waals surface area contributed by atoms with Crippen molar-refractivity contribution in [3.63, 3.8) is 0 Å². The van der Waals surface area contributed by atoms with Gasteiger partial charge in [0.15, 0.2) is 0 Å². The van der Waals surface area contributed by atoms with Crippen LogP contribution >= 0.6 is 0 Å². The molecule has 21 heavy (non-hydrogen) atoms. The summed E-state index contributed by atoms with van der Waals surface area (Å²) < 4.78 is 38.4. The first-order chi connectivity index (χ1) is 9.65. The van der Waals surface area contributed by atoms with Crippen molar-refractivity contribution in [3.8, 4) is 0 Å². The molecule has 0 N–H and O–H groups in total. The molecule has 0 aromatic carbocycles. The van der Waals surface area contributed by atoms with Crippen molar-refractivity contribution < 1.29 is 18.0 Å². The third-order valence-electron chi connectivity index (χ3n) is 5.74. The van der Waals surface area contributed by atoms with Gasteiger partial charge in [0.25, 0.3) is 0 Å². The third-order valence-corrected chi connectivity index (χ3v) is 5.74. The highest BCUT2D eigenvalue weighted by Gasteiger charge is 2.63. The molecular weight excluding hydrogens is 281 g/mol.